The van der Waals surface area contributed by atoms with E-state index in [1.54, 1.807) is 21.6 Å². The summed E-state index contributed by atoms with van der Waals surface area (Å²) >= 11 is 0. The van der Waals surface area contributed by atoms with Gasteiger partial charge in [-0.3, -0.25) is 0 Å². The van der Waals surface area contributed by atoms with Crippen molar-refractivity contribution in [3.63, 3.8) is 0 Å². The second-order valence-corrected chi connectivity index (χ2v) is 9.67. The summed E-state index contributed by atoms with van der Waals surface area (Å²) in [6.45, 7) is 0. The Bertz CT molecular complexity index is 1360. The van der Waals surface area contributed by atoms with E-state index >= 15 is 0 Å². The SMILES string of the molecule is c1ccc(-c2cc3ccccc3o2)c(SSc2ccccc2-c2cc3ccccc3o2)c1. The van der Waals surface area contributed by atoms with Gasteiger partial charge >= 0.3 is 0 Å². The average molecular weight is 451 g/mol. The Morgan fingerprint density at radius 1 is 0.438 bits per heavy atom. The third-order valence-corrected chi connectivity index (χ3v) is 7.86. The van der Waals surface area contributed by atoms with Gasteiger partial charge in [-0.2, -0.15) is 0 Å². The summed E-state index contributed by atoms with van der Waals surface area (Å²) in [7, 11) is 3.47. The maximum absolute atomic E-state index is 6.14. The number of benzene rings is 4. The zero-order valence-corrected chi connectivity index (χ0v) is 18.7. The van der Waals surface area contributed by atoms with E-state index in [4.69, 9.17) is 8.83 Å². The van der Waals surface area contributed by atoms with Crippen LogP contribution < -0.4 is 0 Å². The number of hydrogen-bond acceptors (Lipinski definition) is 4. The molecule has 0 spiro atoms. The van der Waals surface area contributed by atoms with Crippen molar-refractivity contribution in [1.29, 1.82) is 0 Å². The Balaban J connectivity index is 1.33. The topological polar surface area (TPSA) is 26.3 Å². The largest absolute Gasteiger partial charge is 0.456 e. The van der Waals surface area contributed by atoms with E-state index < -0.39 is 0 Å². The van der Waals surface area contributed by atoms with Crippen molar-refractivity contribution < 1.29 is 8.83 Å². The van der Waals surface area contributed by atoms with E-state index in [1.807, 2.05) is 36.4 Å². The van der Waals surface area contributed by atoms with E-state index in [9.17, 15) is 0 Å². The van der Waals surface area contributed by atoms with Crippen molar-refractivity contribution >= 4 is 43.5 Å². The molecule has 0 amide bonds. The van der Waals surface area contributed by atoms with Crippen LogP contribution >= 0.6 is 21.6 Å². The lowest BCUT2D eigenvalue weighted by molar-refractivity contribution is 0.629. The lowest BCUT2D eigenvalue weighted by atomic mass is 10.1. The minimum atomic E-state index is 0.889. The van der Waals surface area contributed by atoms with Crippen LogP contribution in [0.4, 0.5) is 0 Å². The van der Waals surface area contributed by atoms with Crippen molar-refractivity contribution in [3.05, 3.63) is 109 Å². The maximum atomic E-state index is 6.14. The minimum Gasteiger partial charge on any atom is -0.456 e. The summed E-state index contributed by atoms with van der Waals surface area (Å²) in [5, 5.41) is 2.23. The van der Waals surface area contributed by atoms with Crippen molar-refractivity contribution in [3.8, 4) is 22.6 Å². The lowest BCUT2D eigenvalue weighted by Crippen LogP contribution is -1.80. The summed E-state index contributed by atoms with van der Waals surface area (Å²) in [5.41, 5.74) is 4.01. The van der Waals surface area contributed by atoms with Crippen LogP contribution in [0, 0.1) is 0 Å². The fourth-order valence-corrected chi connectivity index (χ4v) is 6.18. The van der Waals surface area contributed by atoms with Gasteiger partial charge in [-0.1, -0.05) is 94.4 Å². The minimum absolute atomic E-state index is 0.889. The molecule has 6 rings (SSSR count). The molecule has 0 aliphatic heterocycles. The molecule has 0 aliphatic carbocycles. The van der Waals surface area contributed by atoms with Crippen molar-refractivity contribution in [2.45, 2.75) is 9.79 Å². The van der Waals surface area contributed by atoms with Crippen LogP contribution in [0.15, 0.2) is 128 Å². The van der Waals surface area contributed by atoms with Crippen LogP contribution in [0.5, 0.6) is 0 Å². The summed E-state index contributed by atoms with van der Waals surface area (Å²) < 4.78 is 12.3. The third kappa shape index (κ3) is 3.62. The molecule has 154 valence electrons. The molecule has 0 fully saturated rings. The lowest BCUT2D eigenvalue weighted by Gasteiger charge is -2.09. The standard InChI is InChI=1S/C28H18O2S2/c1-5-13-23-19(9-1)17-25(29-23)21-11-3-7-15-27(21)31-32-28-16-8-4-12-22(28)26-18-20-10-2-6-14-24(20)30-26/h1-18H. The fraction of sp³-hybridized carbons (Fsp3) is 0. The van der Waals surface area contributed by atoms with Crippen LogP contribution in [-0.2, 0) is 0 Å². The van der Waals surface area contributed by atoms with E-state index in [0.717, 1.165) is 54.4 Å². The van der Waals surface area contributed by atoms with Crippen molar-refractivity contribution in [2.75, 3.05) is 0 Å². The highest BCUT2D eigenvalue weighted by Crippen LogP contribution is 2.46. The van der Waals surface area contributed by atoms with E-state index in [0.29, 0.717) is 0 Å². The summed E-state index contributed by atoms with van der Waals surface area (Å²) in [6, 6.07) is 37.2. The van der Waals surface area contributed by atoms with Gasteiger partial charge in [0.2, 0.25) is 0 Å². The molecule has 2 aromatic heterocycles. The van der Waals surface area contributed by atoms with Gasteiger partial charge in [0, 0.05) is 31.7 Å². The highest BCUT2D eigenvalue weighted by Gasteiger charge is 2.14. The summed E-state index contributed by atoms with van der Waals surface area (Å²) in [4.78, 5) is 2.33. The highest BCUT2D eigenvalue weighted by molar-refractivity contribution is 8.76. The molecule has 0 aliphatic rings. The average Bonchev–Trinajstić information content (AvgIpc) is 3.47. The zero-order chi connectivity index (χ0) is 21.3. The molecule has 0 radical (unpaired) electrons. The number of fused-ring (bicyclic) bond motifs is 2. The van der Waals surface area contributed by atoms with Gasteiger partial charge in [0.1, 0.15) is 22.7 Å². The van der Waals surface area contributed by atoms with Gasteiger partial charge in [0.05, 0.1) is 0 Å². The van der Waals surface area contributed by atoms with Gasteiger partial charge in [-0.15, -0.1) is 0 Å². The molecule has 0 unspecified atom stereocenters. The Hall–Kier alpha value is -3.34. The van der Waals surface area contributed by atoms with E-state index in [-0.39, 0.29) is 0 Å². The molecule has 4 heteroatoms. The van der Waals surface area contributed by atoms with Gasteiger partial charge in [0.15, 0.2) is 0 Å². The smallest absolute Gasteiger partial charge is 0.136 e. The molecule has 4 aromatic carbocycles. The first-order valence-corrected chi connectivity index (χ1v) is 12.5. The van der Waals surface area contributed by atoms with Gasteiger partial charge in [0.25, 0.3) is 0 Å². The molecule has 6 aromatic rings. The van der Waals surface area contributed by atoms with Gasteiger partial charge in [-0.05, 0) is 36.4 Å². The zero-order valence-electron chi connectivity index (χ0n) is 17.0. The Morgan fingerprint density at radius 3 is 1.31 bits per heavy atom. The van der Waals surface area contributed by atoms with Crippen LogP contribution in [-0.4, -0.2) is 0 Å². The summed E-state index contributed by atoms with van der Waals surface area (Å²) in [5.74, 6) is 1.78. The predicted molar refractivity (Wildman–Crippen MR) is 135 cm³/mol. The molecule has 0 bridgehead atoms. The first-order valence-electron chi connectivity index (χ1n) is 10.4. The second kappa shape index (κ2) is 8.30. The Labute approximate surface area is 193 Å². The maximum Gasteiger partial charge on any atom is 0.136 e. The molecule has 0 atom stereocenters. The Kier molecular flexibility index (Phi) is 5.02. The van der Waals surface area contributed by atoms with Crippen molar-refractivity contribution in [2.24, 2.45) is 0 Å². The van der Waals surface area contributed by atoms with Crippen LogP contribution in [0.3, 0.4) is 0 Å². The van der Waals surface area contributed by atoms with Crippen molar-refractivity contribution in [1.82, 2.24) is 0 Å². The molecular weight excluding hydrogens is 432 g/mol. The fourth-order valence-electron chi connectivity index (χ4n) is 3.80. The third-order valence-electron chi connectivity index (χ3n) is 5.38. The van der Waals surface area contributed by atoms with Gasteiger partial charge in [-0.25, -0.2) is 0 Å². The molecule has 32 heavy (non-hydrogen) atoms. The van der Waals surface area contributed by atoms with Gasteiger partial charge < -0.3 is 8.83 Å². The number of furan rings is 2. The Morgan fingerprint density at radius 2 is 0.844 bits per heavy atom. The predicted octanol–water partition coefficient (Wildman–Crippen LogP) is 9.31. The molecular formula is C28H18O2S2. The number of para-hydroxylation sites is 2. The van der Waals surface area contributed by atoms with Crippen LogP contribution in [0.1, 0.15) is 0 Å². The van der Waals surface area contributed by atoms with E-state index in [1.165, 1.54) is 0 Å². The normalized spacial score (nSPS) is 11.4. The highest BCUT2D eigenvalue weighted by atomic mass is 33.1. The second-order valence-electron chi connectivity index (χ2n) is 7.46. The first-order chi connectivity index (χ1) is 15.8. The molecule has 2 nitrogen and oxygen atoms in total. The van der Waals surface area contributed by atoms with Crippen LogP contribution in [0.2, 0.25) is 0 Å². The van der Waals surface area contributed by atoms with Crippen LogP contribution in [0.25, 0.3) is 44.6 Å². The number of hydrogen-bond donors (Lipinski definition) is 0. The quantitative estimate of drug-likeness (QED) is 0.244. The summed E-state index contributed by atoms with van der Waals surface area (Å²) in [6.07, 6.45) is 0. The monoisotopic (exact) mass is 450 g/mol. The molecule has 0 saturated carbocycles. The first kappa shape index (κ1) is 19.4. The molecule has 2 heterocycles. The van der Waals surface area contributed by atoms with E-state index in [2.05, 4.69) is 72.8 Å². The molecule has 0 saturated heterocycles. The number of rotatable bonds is 5. The molecule has 0 N–H and O–H groups in total.